The summed E-state index contributed by atoms with van der Waals surface area (Å²) in [5.74, 6) is -2.37. The van der Waals surface area contributed by atoms with E-state index in [2.05, 4.69) is 11.7 Å². The van der Waals surface area contributed by atoms with Crippen LogP contribution in [-0.4, -0.2) is 46.1 Å². The van der Waals surface area contributed by atoms with Crippen LogP contribution in [0.4, 0.5) is 0 Å². The van der Waals surface area contributed by atoms with Crippen LogP contribution in [0.2, 0.25) is 0 Å². The molecule has 0 bridgehead atoms. The predicted octanol–water partition coefficient (Wildman–Crippen LogP) is 2.33. The molecule has 0 spiro atoms. The molecule has 0 aromatic rings. The van der Waals surface area contributed by atoms with E-state index in [1.807, 2.05) is 0 Å². The molecule has 0 rings (SSSR count). The highest BCUT2D eigenvalue weighted by Gasteiger charge is 2.26. The van der Waals surface area contributed by atoms with Gasteiger partial charge in [0.2, 0.25) is 0 Å². The van der Waals surface area contributed by atoms with Crippen molar-refractivity contribution in [1.29, 1.82) is 0 Å². The lowest BCUT2D eigenvalue weighted by molar-refractivity contribution is -0.168. The standard InChI is InChI=1S/C18H34O6/c1-3-4-5-6-7-8-9-10-11-15(12-16(21)13-19)18(23)24-17(22)14(2)20/h14-16,19-21H,3-13H2,1-2H3. The second kappa shape index (κ2) is 14.4. The van der Waals surface area contributed by atoms with Crippen LogP contribution in [0.25, 0.3) is 0 Å². The van der Waals surface area contributed by atoms with Gasteiger partial charge in [0, 0.05) is 0 Å². The van der Waals surface area contributed by atoms with E-state index in [9.17, 15) is 14.7 Å². The van der Waals surface area contributed by atoms with Gasteiger partial charge in [-0.2, -0.15) is 0 Å². The monoisotopic (exact) mass is 346 g/mol. The maximum Gasteiger partial charge on any atom is 0.342 e. The van der Waals surface area contributed by atoms with Gasteiger partial charge >= 0.3 is 11.9 Å². The van der Waals surface area contributed by atoms with Crippen molar-refractivity contribution >= 4 is 11.9 Å². The molecule has 0 fully saturated rings. The third-order valence-corrected chi connectivity index (χ3v) is 4.05. The summed E-state index contributed by atoms with van der Waals surface area (Å²) in [4.78, 5) is 23.3. The first-order chi connectivity index (χ1) is 11.4. The summed E-state index contributed by atoms with van der Waals surface area (Å²) in [6.07, 6.45) is 7.21. The van der Waals surface area contributed by atoms with Gasteiger partial charge in [0.25, 0.3) is 0 Å². The van der Waals surface area contributed by atoms with Gasteiger partial charge in [-0.1, -0.05) is 58.3 Å². The van der Waals surface area contributed by atoms with Crippen LogP contribution in [0.15, 0.2) is 0 Å². The Labute approximate surface area is 145 Å². The van der Waals surface area contributed by atoms with E-state index in [4.69, 9.17) is 10.2 Å². The Hall–Kier alpha value is -0.980. The van der Waals surface area contributed by atoms with E-state index in [0.29, 0.717) is 6.42 Å². The molecule has 0 aliphatic rings. The van der Waals surface area contributed by atoms with Crippen molar-refractivity contribution in [3.05, 3.63) is 0 Å². The van der Waals surface area contributed by atoms with Crippen LogP contribution in [0.1, 0.15) is 78.1 Å². The number of carbonyl (C=O) groups is 2. The second-order valence-corrected chi connectivity index (χ2v) is 6.45. The number of rotatable bonds is 14. The average molecular weight is 346 g/mol. The molecule has 3 unspecified atom stereocenters. The second-order valence-electron chi connectivity index (χ2n) is 6.45. The fourth-order valence-electron chi connectivity index (χ4n) is 2.53. The van der Waals surface area contributed by atoms with Crippen LogP contribution in [0.3, 0.4) is 0 Å². The molecule has 0 heterocycles. The van der Waals surface area contributed by atoms with Crippen LogP contribution in [-0.2, 0) is 14.3 Å². The number of carbonyl (C=O) groups excluding carboxylic acids is 2. The van der Waals surface area contributed by atoms with Crippen molar-refractivity contribution < 1.29 is 29.6 Å². The summed E-state index contributed by atoms with van der Waals surface area (Å²) in [6.45, 7) is 2.97. The number of hydrogen-bond donors (Lipinski definition) is 3. The summed E-state index contributed by atoms with van der Waals surface area (Å²) >= 11 is 0. The molecule has 0 amide bonds. The Kier molecular flexibility index (Phi) is 13.8. The molecule has 0 saturated heterocycles. The third-order valence-electron chi connectivity index (χ3n) is 4.05. The molecule has 0 aromatic heterocycles. The number of hydrogen-bond acceptors (Lipinski definition) is 6. The van der Waals surface area contributed by atoms with Crippen molar-refractivity contribution in [3.8, 4) is 0 Å². The van der Waals surface area contributed by atoms with E-state index >= 15 is 0 Å². The molecule has 0 saturated carbocycles. The van der Waals surface area contributed by atoms with Gasteiger partial charge in [-0.15, -0.1) is 0 Å². The zero-order valence-electron chi connectivity index (χ0n) is 15.1. The minimum atomic E-state index is -1.36. The molecule has 0 aliphatic carbocycles. The molecule has 6 nitrogen and oxygen atoms in total. The van der Waals surface area contributed by atoms with E-state index in [1.165, 1.54) is 39.0 Å². The topological polar surface area (TPSA) is 104 Å². The Morgan fingerprint density at radius 1 is 0.917 bits per heavy atom. The minimum absolute atomic E-state index is 0.0545. The van der Waals surface area contributed by atoms with Crippen molar-refractivity contribution in [1.82, 2.24) is 0 Å². The predicted molar refractivity (Wildman–Crippen MR) is 91.2 cm³/mol. The van der Waals surface area contributed by atoms with Crippen LogP contribution in [0, 0.1) is 5.92 Å². The molecule has 0 aromatic carbocycles. The summed E-state index contributed by atoms with van der Waals surface area (Å²) in [7, 11) is 0. The normalized spacial score (nSPS) is 14.9. The van der Waals surface area contributed by atoms with Gasteiger partial charge in [-0.3, -0.25) is 4.79 Å². The summed E-state index contributed by atoms with van der Waals surface area (Å²) < 4.78 is 4.62. The lowest BCUT2D eigenvalue weighted by Gasteiger charge is -2.18. The van der Waals surface area contributed by atoms with Gasteiger partial charge in [-0.25, -0.2) is 4.79 Å². The van der Waals surface area contributed by atoms with Crippen molar-refractivity contribution in [2.45, 2.75) is 90.3 Å². The number of unbranched alkanes of at least 4 members (excludes halogenated alkanes) is 7. The number of aliphatic hydroxyl groups excluding tert-OH is 3. The van der Waals surface area contributed by atoms with Crippen molar-refractivity contribution in [2.75, 3.05) is 6.61 Å². The number of esters is 2. The Morgan fingerprint density at radius 2 is 1.46 bits per heavy atom. The molecular formula is C18H34O6. The van der Waals surface area contributed by atoms with Gasteiger partial charge in [-0.05, 0) is 19.8 Å². The minimum Gasteiger partial charge on any atom is -0.394 e. The fraction of sp³-hybridized carbons (Fsp3) is 0.889. The molecule has 0 radical (unpaired) electrons. The van der Waals surface area contributed by atoms with Gasteiger partial charge in [0.05, 0.1) is 18.6 Å². The molecule has 0 aliphatic heterocycles. The van der Waals surface area contributed by atoms with E-state index < -0.39 is 36.7 Å². The van der Waals surface area contributed by atoms with Crippen LogP contribution >= 0.6 is 0 Å². The first kappa shape index (κ1) is 23.0. The molecular weight excluding hydrogens is 312 g/mol. The van der Waals surface area contributed by atoms with Gasteiger partial charge < -0.3 is 20.1 Å². The average Bonchev–Trinajstić information content (AvgIpc) is 2.55. The highest BCUT2D eigenvalue weighted by molar-refractivity contribution is 5.88. The quantitative estimate of drug-likeness (QED) is 0.253. The van der Waals surface area contributed by atoms with E-state index in [1.54, 1.807) is 0 Å². The zero-order valence-corrected chi connectivity index (χ0v) is 15.1. The summed E-state index contributed by atoms with van der Waals surface area (Å²) in [6, 6.07) is 0. The molecule has 3 N–H and O–H groups in total. The fourth-order valence-corrected chi connectivity index (χ4v) is 2.53. The largest absolute Gasteiger partial charge is 0.394 e. The summed E-state index contributed by atoms with van der Waals surface area (Å²) in [5.41, 5.74) is 0. The highest BCUT2D eigenvalue weighted by atomic mass is 16.6. The van der Waals surface area contributed by atoms with Crippen molar-refractivity contribution in [2.24, 2.45) is 5.92 Å². The lowest BCUT2D eigenvalue weighted by atomic mass is 9.94. The Bertz CT molecular complexity index is 342. The van der Waals surface area contributed by atoms with Gasteiger partial charge in [0.1, 0.15) is 6.10 Å². The first-order valence-electron chi connectivity index (χ1n) is 9.14. The van der Waals surface area contributed by atoms with Crippen molar-refractivity contribution in [3.63, 3.8) is 0 Å². The zero-order chi connectivity index (χ0) is 18.4. The van der Waals surface area contributed by atoms with Crippen LogP contribution < -0.4 is 0 Å². The maximum atomic E-state index is 12.0. The highest BCUT2D eigenvalue weighted by Crippen LogP contribution is 2.19. The lowest BCUT2D eigenvalue weighted by Crippen LogP contribution is -2.30. The van der Waals surface area contributed by atoms with E-state index in [-0.39, 0.29) is 6.42 Å². The number of aliphatic hydroxyl groups is 3. The van der Waals surface area contributed by atoms with Gasteiger partial charge in [0.15, 0.2) is 0 Å². The summed E-state index contributed by atoms with van der Waals surface area (Å²) in [5, 5.41) is 27.6. The molecule has 3 atom stereocenters. The first-order valence-corrected chi connectivity index (χ1v) is 9.14. The van der Waals surface area contributed by atoms with Crippen LogP contribution in [0.5, 0.6) is 0 Å². The SMILES string of the molecule is CCCCCCCCCCC(CC(O)CO)C(=O)OC(=O)C(C)O. The molecule has 142 valence electrons. The Morgan fingerprint density at radius 3 is 1.96 bits per heavy atom. The number of ether oxygens (including phenoxy) is 1. The molecule has 6 heteroatoms. The third kappa shape index (κ3) is 11.5. The Balaban J connectivity index is 4.17. The smallest absolute Gasteiger partial charge is 0.342 e. The van der Waals surface area contributed by atoms with E-state index in [0.717, 1.165) is 19.3 Å². The molecule has 24 heavy (non-hydrogen) atoms. The maximum absolute atomic E-state index is 12.0.